The van der Waals surface area contributed by atoms with E-state index in [2.05, 4.69) is 217 Å². The van der Waals surface area contributed by atoms with E-state index in [0.717, 1.165) is 17.1 Å². The highest BCUT2D eigenvalue weighted by molar-refractivity contribution is 6.20. The second-order valence-electron chi connectivity index (χ2n) is 13.7. The third-order valence-corrected chi connectivity index (χ3v) is 10.6. The van der Waals surface area contributed by atoms with Gasteiger partial charge < -0.3 is 4.90 Å². The van der Waals surface area contributed by atoms with E-state index in [9.17, 15) is 0 Å². The second-order valence-corrected chi connectivity index (χ2v) is 13.7. The van der Waals surface area contributed by atoms with Gasteiger partial charge in [-0.1, -0.05) is 176 Å². The molecular weight excluding hydrogens is 639 g/mol. The van der Waals surface area contributed by atoms with Gasteiger partial charge in [-0.25, -0.2) is 0 Å². The molecule has 0 amide bonds. The van der Waals surface area contributed by atoms with Crippen LogP contribution in [0.4, 0.5) is 17.1 Å². The minimum atomic E-state index is 1.10. The lowest BCUT2D eigenvalue weighted by Gasteiger charge is -2.30. The zero-order chi connectivity index (χ0) is 35.1. The standard InChI is InChI=1S/C52H35N/c1-2-13-38(14-3-1)46-17-8-10-20-50(46)53(45-32-30-37(31-33-45)43-28-22-36-12-4-5-16-42(36)34-43)51-21-11-9-18-47(51)44-29-25-40-24-27-41-26-23-39-15-6-7-19-48(39)52(41)49(40)35-44/h1-35H. The second kappa shape index (κ2) is 13.0. The van der Waals surface area contributed by atoms with Crippen molar-refractivity contribution in [3.63, 3.8) is 0 Å². The maximum atomic E-state index is 2.44. The molecule has 0 aliphatic carbocycles. The van der Waals surface area contributed by atoms with Gasteiger partial charge in [0.1, 0.15) is 0 Å². The molecule has 0 saturated carbocycles. The Kier molecular flexibility index (Phi) is 7.55. The lowest BCUT2D eigenvalue weighted by atomic mass is 9.93. The van der Waals surface area contributed by atoms with Gasteiger partial charge in [0.2, 0.25) is 0 Å². The highest BCUT2D eigenvalue weighted by atomic mass is 15.1. The quantitative estimate of drug-likeness (QED) is 0.159. The third kappa shape index (κ3) is 5.51. The summed E-state index contributed by atoms with van der Waals surface area (Å²) >= 11 is 0. The van der Waals surface area contributed by atoms with Crippen molar-refractivity contribution in [2.75, 3.05) is 4.90 Å². The first kappa shape index (κ1) is 30.8. The van der Waals surface area contributed by atoms with Crippen LogP contribution >= 0.6 is 0 Å². The molecule has 0 bridgehead atoms. The van der Waals surface area contributed by atoms with E-state index in [1.807, 2.05) is 0 Å². The fourth-order valence-corrected chi connectivity index (χ4v) is 8.02. The van der Waals surface area contributed by atoms with Crippen LogP contribution in [-0.2, 0) is 0 Å². The Morgan fingerprint density at radius 1 is 0.264 bits per heavy atom. The summed E-state index contributed by atoms with van der Waals surface area (Å²) in [5.41, 5.74) is 10.5. The molecule has 0 unspecified atom stereocenters. The molecule has 0 aliphatic heterocycles. The van der Waals surface area contributed by atoms with E-state index < -0.39 is 0 Å². The van der Waals surface area contributed by atoms with Crippen LogP contribution < -0.4 is 4.90 Å². The first-order valence-corrected chi connectivity index (χ1v) is 18.3. The fourth-order valence-electron chi connectivity index (χ4n) is 8.02. The predicted molar refractivity (Wildman–Crippen MR) is 227 cm³/mol. The van der Waals surface area contributed by atoms with Crippen LogP contribution in [0.2, 0.25) is 0 Å². The normalized spacial score (nSPS) is 11.4. The van der Waals surface area contributed by atoms with E-state index in [4.69, 9.17) is 0 Å². The molecule has 0 atom stereocenters. The largest absolute Gasteiger partial charge is 0.309 e. The number of fused-ring (bicyclic) bond motifs is 6. The number of rotatable bonds is 6. The van der Waals surface area contributed by atoms with Crippen molar-refractivity contribution in [1.29, 1.82) is 0 Å². The van der Waals surface area contributed by atoms with Gasteiger partial charge in [-0.15, -0.1) is 0 Å². The molecule has 0 aliphatic rings. The van der Waals surface area contributed by atoms with Gasteiger partial charge >= 0.3 is 0 Å². The molecule has 10 aromatic rings. The number of anilines is 3. The minimum Gasteiger partial charge on any atom is -0.309 e. The van der Waals surface area contributed by atoms with Crippen LogP contribution in [0.3, 0.4) is 0 Å². The first-order chi connectivity index (χ1) is 26.3. The summed E-state index contributed by atoms with van der Waals surface area (Å²) in [6.07, 6.45) is 0. The van der Waals surface area contributed by atoms with Crippen molar-refractivity contribution in [2.45, 2.75) is 0 Å². The van der Waals surface area contributed by atoms with Crippen molar-refractivity contribution < 1.29 is 0 Å². The van der Waals surface area contributed by atoms with Crippen LogP contribution in [0.15, 0.2) is 212 Å². The molecule has 1 heteroatoms. The Morgan fingerprint density at radius 2 is 0.774 bits per heavy atom. The number of nitrogens with zero attached hydrogens (tertiary/aromatic N) is 1. The van der Waals surface area contributed by atoms with Gasteiger partial charge in [0.05, 0.1) is 11.4 Å². The zero-order valence-corrected chi connectivity index (χ0v) is 29.2. The maximum absolute atomic E-state index is 2.44. The van der Waals surface area contributed by atoms with Gasteiger partial charge in [-0.05, 0) is 102 Å². The molecule has 248 valence electrons. The van der Waals surface area contributed by atoms with E-state index in [0.29, 0.717) is 0 Å². The maximum Gasteiger partial charge on any atom is 0.0540 e. The Bertz CT molecular complexity index is 2940. The minimum absolute atomic E-state index is 1.10. The summed E-state index contributed by atoms with van der Waals surface area (Å²) in [6.45, 7) is 0. The molecule has 0 heterocycles. The highest BCUT2D eigenvalue weighted by Gasteiger charge is 2.21. The topological polar surface area (TPSA) is 3.24 Å². The van der Waals surface area contributed by atoms with Crippen molar-refractivity contribution in [3.8, 4) is 33.4 Å². The average molecular weight is 674 g/mol. The summed E-state index contributed by atoms with van der Waals surface area (Å²) in [7, 11) is 0. The van der Waals surface area contributed by atoms with Crippen LogP contribution in [0.25, 0.3) is 76.5 Å². The molecule has 10 aromatic carbocycles. The van der Waals surface area contributed by atoms with E-state index in [1.165, 1.54) is 76.5 Å². The number of para-hydroxylation sites is 2. The molecule has 0 aromatic heterocycles. The smallest absolute Gasteiger partial charge is 0.0540 e. The van der Waals surface area contributed by atoms with Gasteiger partial charge in [0.15, 0.2) is 0 Å². The van der Waals surface area contributed by atoms with Crippen LogP contribution in [0.5, 0.6) is 0 Å². The first-order valence-electron chi connectivity index (χ1n) is 18.3. The fraction of sp³-hybridized carbons (Fsp3) is 0. The van der Waals surface area contributed by atoms with Gasteiger partial charge in [-0.3, -0.25) is 0 Å². The monoisotopic (exact) mass is 673 g/mol. The van der Waals surface area contributed by atoms with Crippen molar-refractivity contribution in [1.82, 2.24) is 0 Å². The Balaban J connectivity index is 1.17. The van der Waals surface area contributed by atoms with Crippen molar-refractivity contribution in [2.24, 2.45) is 0 Å². The molecule has 0 fully saturated rings. The molecule has 0 N–H and O–H groups in total. The summed E-state index contributed by atoms with van der Waals surface area (Å²) < 4.78 is 0. The Hall–Kier alpha value is -6.96. The van der Waals surface area contributed by atoms with E-state index >= 15 is 0 Å². The zero-order valence-electron chi connectivity index (χ0n) is 29.2. The Morgan fingerprint density at radius 3 is 1.53 bits per heavy atom. The summed E-state index contributed by atoms with van der Waals surface area (Å²) in [5.74, 6) is 0. The van der Waals surface area contributed by atoms with Crippen LogP contribution in [0, 0.1) is 0 Å². The summed E-state index contributed by atoms with van der Waals surface area (Å²) in [5, 5.41) is 10.1. The van der Waals surface area contributed by atoms with Gasteiger partial charge in [0, 0.05) is 16.8 Å². The average Bonchev–Trinajstić information content (AvgIpc) is 3.24. The molecule has 1 nitrogen and oxygen atoms in total. The van der Waals surface area contributed by atoms with Crippen molar-refractivity contribution in [3.05, 3.63) is 212 Å². The third-order valence-electron chi connectivity index (χ3n) is 10.6. The molecule has 0 spiro atoms. The van der Waals surface area contributed by atoms with Crippen LogP contribution in [0.1, 0.15) is 0 Å². The lowest BCUT2D eigenvalue weighted by molar-refractivity contribution is 1.28. The SMILES string of the molecule is c1ccc(-c2ccccc2N(c2ccc(-c3ccc4ccccc4c3)cc2)c2ccccc2-c2ccc3ccc4ccc5ccccc5c4c3c2)cc1. The molecule has 0 radical (unpaired) electrons. The van der Waals surface area contributed by atoms with Gasteiger partial charge in [-0.2, -0.15) is 0 Å². The molecule has 0 saturated heterocycles. The number of hydrogen-bond acceptors (Lipinski definition) is 1. The lowest BCUT2D eigenvalue weighted by Crippen LogP contribution is -2.12. The summed E-state index contributed by atoms with van der Waals surface area (Å²) in [4.78, 5) is 2.44. The van der Waals surface area contributed by atoms with E-state index in [-0.39, 0.29) is 0 Å². The molecule has 10 rings (SSSR count). The molecule has 53 heavy (non-hydrogen) atoms. The molecular formula is C52H35N. The Labute approximate surface area is 309 Å². The number of hydrogen-bond donors (Lipinski definition) is 0. The predicted octanol–water partition coefficient (Wildman–Crippen LogP) is 14.8. The highest BCUT2D eigenvalue weighted by Crippen LogP contribution is 2.46. The van der Waals surface area contributed by atoms with Crippen molar-refractivity contribution >= 4 is 60.2 Å². The van der Waals surface area contributed by atoms with Crippen LogP contribution in [-0.4, -0.2) is 0 Å². The van der Waals surface area contributed by atoms with E-state index in [1.54, 1.807) is 0 Å². The number of benzene rings is 10. The van der Waals surface area contributed by atoms with Gasteiger partial charge in [0.25, 0.3) is 0 Å². The summed E-state index contributed by atoms with van der Waals surface area (Å²) in [6, 6.07) is 77.3.